The third kappa shape index (κ3) is 3.71. The maximum Gasteiger partial charge on any atom is 0.253 e. The van der Waals surface area contributed by atoms with E-state index in [9.17, 15) is 13.3 Å². The lowest BCUT2D eigenvalue weighted by molar-refractivity contribution is -0.0934. The van der Waals surface area contributed by atoms with Crippen molar-refractivity contribution in [2.45, 2.75) is 32.7 Å². The van der Waals surface area contributed by atoms with E-state index in [4.69, 9.17) is 0 Å². The fourth-order valence-electron chi connectivity index (χ4n) is 0.395. The Balaban J connectivity index is 3.73. The molecular formula is C6H12F3N. The Morgan fingerprint density at radius 1 is 1.30 bits per heavy atom. The number of hydrogen-bond acceptors (Lipinski definition) is 1. The summed E-state index contributed by atoms with van der Waals surface area (Å²) in [5.41, 5.74) is -0.823. The fourth-order valence-corrected chi connectivity index (χ4v) is 0.395. The third-order valence-corrected chi connectivity index (χ3v) is 1.03. The molecule has 0 rings (SSSR count). The molecule has 0 fully saturated rings. The molecule has 0 spiro atoms. The summed E-state index contributed by atoms with van der Waals surface area (Å²) in [5.74, 6) is 0. The van der Waals surface area contributed by atoms with Gasteiger partial charge < -0.3 is 0 Å². The van der Waals surface area contributed by atoms with E-state index in [1.165, 1.54) is 20.8 Å². The molecule has 0 aromatic heterocycles. The van der Waals surface area contributed by atoms with Gasteiger partial charge in [0.05, 0.1) is 6.54 Å². The molecule has 0 aliphatic rings. The van der Waals surface area contributed by atoms with Gasteiger partial charge in [-0.25, -0.2) is 8.78 Å². The Bertz CT molecular complexity index is 97.7. The molecule has 0 saturated carbocycles. The zero-order chi connectivity index (χ0) is 8.36. The lowest BCUT2D eigenvalue weighted by Gasteiger charge is -2.26. The summed E-state index contributed by atoms with van der Waals surface area (Å²) in [6.07, 6.45) is -2.61. The second kappa shape index (κ2) is 3.23. The quantitative estimate of drug-likeness (QED) is 0.553. The molecular weight excluding hydrogens is 143 g/mol. The summed E-state index contributed by atoms with van der Waals surface area (Å²) in [6, 6.07) is 0. The van der Waals surface area contributed by atoms with Crippen molar-refractivity contribution >= 4 is 0 Å². The summed E-state index contributed by atoms with van der Waals surface area (Å²) in [7, 11) is 0. The molecule has 0 aromatic rings. The van der Waals surface area contributed by atoms with Gasteiger partial charge in [0.15, 0.2) is 0 Å². The van der Waals surface area contributed by atoms with Crippen LogP contribution >= 0.6 is 0 Å². The van der Waals surface area contributed by atoms with Crippen LogP contribution in [-0.2, 0) is 0 Å². The summed E-state index contributed by atoms with van der Waals surface area (Å²) in [5, 5.41) is 0.137. The smallest absolute Gasteiger partial charge is 0.209 e. The van der Waals surface area contributed by atoms with E-state index in [2.05, 4.69) is 0 Å². The zero-order valence-electron chi connectivity index (χ0n) is 6.37. The van der Waals surface area contributed by atoms with Crippen LogP contribution in [0.4, 0.5) is 13.3 Å². The largest absolute Gasteiger partial charge is 0.253 e. The Kier molecular flexibility index (Phi) is 3.15. The Morgan fingerprint density at radius 3 is 1.80 bits per heavy atom. The monoisotopic (exact) mass is 155 g/mol. The lowest BCUT2D eigenvalue weighted by atomic mass is 10.1. The molecule has 0 aromatic carbocycles. The average molecular weight is 155 g/mol. The van der Waals surface area contributed by atoms with Crippen molar-refractivity contribution < 1.29 is 13.3 Å². The van der Waals surface area contributed by atoms with Crippen molar-refractivity contribution in [2.24, 2.45) is 0 Å². The van der Waals surface area contributed by atoms with Gasteiger partial charge in [-0.2, -0.15) is 0 Å². The second-order valence-corrected chi connectivity index (χ2v) is 3.11. The first-order valence-electron chi connectivity index (χ1n) is 3.05. The van der Waals surface area contributed by atoms with Crippen LogP contribution in [0.5, 0.6) is 0 Å². The number of alkyl halides is 2. The van der Waals surface area contributed by atoms with E-state index in [1.807, 2.05) is 0 Å². The highest BCUT2D eigenvalue weighted by molar-refractivity contribution is 4.69. The van der Waals surface area contributed by atoms with Crippen molar-refractivity contribution in [1.29, 1.82) is 0 Å². The molecule has 1 nitrogen and oxygen atoms in total. The van der Waals surface area contributed by atoms with Crippen LogP contribution < -0.4 is 0 Å². The zero-order valence-corrected chi connectivity index (χ0v) is 6.37. The molecule has 0 atom stereocenters. The van der Waals surface area contributed by atoms with Gasteiger partial charge in [0.25, 0.3) is 6.43 Å². The Hall–Kier alpha value is -0.250. The minimum absolute atomic E-state index is 0.137. The van der Waals surface area contributed by atoms with Crippen molar-refractivity contribution in [3.63, 3.8) is 0 Å². The maximum atomic E-state index is 12.5. The number of halogens is 3. The normalized spacial score (nSPS) is 13.2. The van der Waals surface area contributed by atoms with Crippen LogP contribution in [0.3, 0.4) is 0 Å². The van der Waals surface area contributed by atoms with Gasteiger partial charge in [0.1, 0.15) is 0 Å². The van der Waals surface area contributed by atoms with E-state index in [1.54, 1.807) is 0 Å². The van der Waals surface area contributed by atoms with E-state index in [-0.39, 0.29) is 5.12 Å². The second-order valence-electron chi connectivity index (χ2n) is 3.11. The van der Waals surface area contributed by atoms with Gasteiger partial charge in [-0.3, -0.25) is 0 Å². The van der Waals surface area contributed by atoms with Gasteiger partial charge in [-0.1, -0.05) is 0 Å². The Labute approximate surface area is 58.8 Å². The average Bonchev–Trinajstić information content (AvgIpc) is 1.60. The number of nitrogens with zero attached hydrogens (tertiary/aromatic N) is 1. The first kappa shape index (κ1) is 9.75. The molecule has 0 amide bonds. The maximum absolute atomic E-state index is 12.5. The van der Waals surface area contributed by atoms with E-state index < -0.39 is 18.5 Å². The molecule has 10 heavy (non-hydrogen) atoms. The highest BCUT2D eigenvalue weighted by atomic mass is 19.3. The van der Waals surface area contributed by atoms with Crippen LogP contribution in [-0.4, -0.2) is 23.6 Å². The van der Waals surface area contributed by atoms with Gasteiger partial charge in [-0.05, 0) is 20.8 Å². The van der Waals surface area contributed by atoms with Gasteiger partial charge in [-0.15, -0.1) is 9.60 Å². The summed E-state index contributed by atoms with van der Waals surface area (Å²) >= 11 is 0. The molecule has 0 radical (unpaired) electrons. The number of rotatable bonds is 2. The van der Waals surface area contributed by atoms with E-state index >= 15 is 0 Å². The van der Waals surface area contributed by atoms with Crippen LogP contribution in [0.15, 0.2) is 0 Å². The van der Waals surface area contributed by atoms with E-state index in [0.29, 0.717) is 0 Å². The molecule has 0 aliphatic carbocycles. The molecule has 0 heterocycles. The third-order valence-electron chi connectivity index (χ3n) is 1.03. The summed E-state index contributed by atoms with van der Waals surface area (Å²) in [4.78, 5) is 0. The highest BCUT2D eigenvalue weighted by Gasteiger charge is 2.23. The fraction of sp³-hybridized carbons (Fsp3) is 1.00. The predicted octanol–water partition coefficient (Wildman–Crippen LogP) is 2.24. The van der Waals surface area contributed by atoms with Crippen molar-refractivity contribution in [1.82, 2.24) is 5.12 Å². The summed E-state index contributed by atoms with van der Waals surface area (Å²) < 4.78 is 35.6. The topological polar surface area (TPSA) is 3.24 Å². The molecule has 0 unspecified atom stereocenters. The lowest BCUT2D eigenvalue weighted by Crippen LogP contribution is -2.37. The standard InChI is InChI=1S/C6H12F3N/c1-6(2,3)10(9)4-5(7)8/h5H,4H2,1-3H3. The van der Waals surface area contributed by atoms with Crippen LogP contribution in [0.25, 0.3) is 0 Å². The van der Waals surface area contributed by atoms with Crippen LogP contribution in [0.2, 0.25) is 0 Å². The van der Waals surface area contributed by atoms with Gasteiger partial charge in [0, 0.05) is 5.54 Å². The van der Waals surface area contributed by atoms with E-state index in [0.717, 1.165) is 0 Å². The molecule has 62 valence electrons. The van der Waals surface area contributed by atoms with Crippen molar-refractivity contribution in [2.75, 3.05) is 6.54 Å². The van der Waals surface area contributed by atoms with Crippen molar-refractivity contribution in [3.8, 4) is 0 Å². The molecule has 0 N–H and O–H groups in total. The van der Waals surface area contributed by atoms with Crippen molar-refractivity contribution in [3.05, 3.63) is 0 Å². The SMILES string of the molecule is CC(C)(C)N(F)CC(F)F. The molecule has 4 heteroatoms. The first-order valence-corrected chi connectivity index (χ1v) is 3.05. The predicted molar refractivity (Wildman–Crippen MR) is 33.6 cm³/mol. The van der Waals surface area contributed by atoms with Gasteiger partial charge in [0.2, 0.25) is 0 Å². The first-order chi connectivity index (χ1) is 4.34. The summed E-state index contributed by atoms with van der Waals surface area (Å²) in [6.45, 7) is 3.80. The molecule has 0 bridgehead atoms. The van der Waals surface area contributed by atoms with Gasteiger partial charge >= 0.3 is 0 Å². The minimum Gasteiger partial charge on any atom is -0.209 e. The minimum atomic E-state index is -2.61. The van der Waals surface area contributed by atoms with Crippen LogP contribution in [0.1, 0.15) is 20.8 Å². The highest BCUT2D eigenvalue weighted by Crippen LogP contribution is 2.14. The number of hydrogen-bond donors (Lipinski definition) is 0. The molecule has 0 aliphatic heterocycles. The van der Waals surface area contributed by atoms with Crippen LogP contribution in [0, 0.1) is 0 Å². The Morgan fingerprint density at radius 2 is 1.70 bits per heavy atom. The molecule has 0 saturated heterocycles.